The zero-order valence-corrected chi connectivity index (χ0v) is 11.4. The summed E-state index contributed by atoms with van der Waals surface area (Å²) in [6, 6.07) is 13.5. The highest BCUT2D eigenvalue weighted by molar-refractivity contribution is 6.31. The second kappa shape index (κ2) is 4.12. The monoisotopic (exact) mass is 283 g/mol. The Morgan fingerprint density at radius 3 is 2.75 bits per heavy atom. The Morgan fingerprint density at radius 2 is 1.90 bits per heavy atom. The van der Waals surface area contributed by atoms with Crippen LogP contribution in [0.2, 0.25) is 5.02 Å². The van der Waals surface area contributed by atoms with E-state index in [0.717, 1.165) is 32.8 Å². The van der Waals surface area contributed by atoms with Crippen LogP contribution in [0.4, 0.5) is 0 Å². The summed E-state index contributed by atoms with van der Waals surface area (Å²) < 4.78 is 11.3. The summed E-state index contributed by atoms with van der Waals surface area (Å²) in [4.78, 5) is 4.58. The van der Waals surface area contributed by atoms with Crippen molar-refractivity contribution in [2.75, 3.05) is 7.11 Å². The molecule has 0 saturated heterocycles. The van der Waals surface area contributed by atoms with Gasteiger partial charge in [-0.2, -0.15) is 0 Å². The summed E-state index contributed by atoms with van der Waals surface area (Å²) in [5.41, 5.74) is 2.39. The van der Waals surface area contributed by atoms with Gasteiger partial charge in [0.1, 0.15) is 11.1 Å². The molecular formula is C16H10ClNO2. The fraction of sp³-hybridized carbons (Fsp3) is 0.0625. The molecule has 4 rings (SSSR count). The largest absolute Gasteiger partial charge is 0.481 e. The molecule has 4 heteroatoms. The summed E-state index contributed by atoms with van der Waals surface area (Å²) in [5.74, 6) is 0.557. The van der Waals surface area contributed by atoms with Crippen molar-refractivity contribution in [3.05, 3.63) is 47.5 Å². The maximum atomic E-state index is 6.06. The van der Waals surface area contributed by atoms with E-state index in [2.05, 4.69) is 4.98 Å². The van der Waals surface area contributed by atoms with Crippen LogP contribution in [0.3, 0.4) is 0 Å². The number of halogens is 1. The molecule has 0 N–H and O–H groups in total. The maximum absolute atomic E-state index is 6.06. The number of benzene rings is 2. The maximum Gasteiger partial charge on any atom is 0.221 e. The fourth-order valence-electron chi connectivity index (χ4n) is 2.53. The number of aromatic nitrogens is 1. The van der Waals surface area contributed by atoms with Crippen LogP contribution in [-0.4, -0.2) is 12.1 Å². The molecule has 0 radical (unpaired) electrons. The van der Waals surface area contributed by atoms with E-state index in [1.807, 2.05) is 42.5 Å². The molecule has 0 bridgehead atoms. The number of rotatable bonds is 1. The first-order chi connectivity index (χ1) is 9.78. The summed E-state index contributed by atoms with van der Waals surface area (Å²) in [6.07, 6.45) is 0. The van der Waals surface area contributed by atoms with Gasteiger partial charge in [-0.05, 0) is 30.3 Å². The Morgan fingerprint density at radius 1 is 1.05 bits per heavy atom. The second-order valence-corrected chi connectivity index (χ2v) is 5.02. The predicted octanol–water partition coefficient (Wildman–Crippen LogP) is 4.80. The molecule has 0 aliphatic carbocycles. The van der Waals surface area contributed by atoms with Crippen molar-refractivity contribution in [2.24, 2.45) is 0 Å². The molecule has 20 heavy (non-hydrogen) atoms. The highest BCUT2D eigenvalue weighted by Crippen LogP contribution is 2.37. The molecule has 0 saturated carbocycles. The second-order valence-electron chi connectivity index (χ2n) is 4.59. The minimum absolute atomic E-state index is 0.557. The van der Waals surface area contributed by atoms with Gasteiger partial charge < -0.3 is 9.15 Å². The highest BCUT2D eigenvalue weighted by Gasteiger charge is 2.15. The number of hydrogen-bond acceptors (Lipinski definition) is 3. The van der Waals surface area contributed by atoms with Crippen LogP contribution in [0.5, 0.6) is 5.88 Å². The zero-order chi connectivity index (χ0) is 13.7. The lowest BCUT2D eigenvalue weighted by Crippen LogP contribution is -1.90. The molecule has 4 aromatic rings. The third kappa shape index (κ3) is 1.50. The molecule has 0 unspecified atom stereocenters. The molecule has 0 atom stereocenters. The Kier molecular flexibility index (Phi) is 2.38. The molecule has 0 spiro atoms. The lowest BCUT2D eigenvalue weighted by atomic mass is 10.1. The predicted molar refractivity (Wildman–Crippen MR) is 80.6 cm³/mol. The number of methoxy groups -OCH3 is 1. The van der Waals surface area contributed by atoms with E-state index in [1.165, 1.54) is 0 Å². The molecule has 2 aromatic carbocycles. The van der Waals surface area contributed by atoms with Crippen molar-refractivity contribution in [2.45, 2.75) is 0 Å². The zero-order valence-electron chi connectivity index (χ0n) is 10.7. The van der Waals surface area contributed by atoms with E-state index in [9.17, 15) is 0 Å². The van der Waals surface area contributed by atoms with E-state index in [0.29, 0.717) is 10.9 Å². The topological polar surface area (TPSA) is 35.3 Å². The number of hydrogen-bond donors (Lipinski definition) is 0. The van der Waals surface area contributed by atoms with Crippen LogP contribution in [0.1, 0.15) is 0 Å². The summed E-state index contributed by atoms with van der Waals surface area (Å²) in [7, 11) is 1.61. The van der Waals surface area contributed by atoms with Gasteiger partial charge in [-0.3, -0.25) is 0 Å². The smallest absolute Gasteiger partial charge is 0.221 e. The lowest BCUT2D eigenvalue weighted by molar-refractivity contribution is 0.405. The van der Waals surface area contributed by atoms with E-state index in [-0.39, 0.29) is 0 Å². The van der Waals surface area contributed by atoms with Gasteiger partial charge in [0.2, 0.25) is 5.88 Å². The molecule has 0 aliphatic rings. The fourth-order valence-corrected chi connectivity index (χ4v) is 2.71. The molecule has 2 aromatic heterocycles. The Balaban J connectivity index is 2.29. The summed E-state index contributed by atoms with van der Waals surface area (Å²) in [5, 5.41) is 3.43. The van der Waals surface area contributed by atoms with Crippen LogP contribution in [0.25, 0.3) is 32.8 Å². The Hall–Kier alpha value is -2.26. The van der Waals surface area contributed by atoms with Crippen LogP contribution in [-0.2, 0) is 0 Å². The number of pyridine rings is 1. The van der Waals surface area contributed by atoms with Crippen LogP contribution in [0, 0.1) is 0 Å². The van der Waals surface area contributed by atoms with Gasteiger partial charge in [-0.25, -0.2) is 4.98 Å². The third-order valence-corrected chi connectivity index (χ3v) is 3.67. The highest BCUT2D eigenvalue weighted by atomic mass is 35.5. The van der Waals surface area contributed by atoms with Crippen LogP contribution >= 0.6 is 11.6 Å². The first-order valence-corrected chi connectivity index (χ1v) is 6.60. The van der Waals surface area contributed by atoms with Crippen molar-refractivity contribution in [1.82, 2.24) is 4.98 Å². The average Bonchev–Trinajstić information content (AvgIpc) is 2.84. The van der Waals surface area contributed by atoms with Gasteiger partial charge in [0.05, 0.1) is 7.11 Å². The van der Waals surface area contributed by atoms with Crippen molar-refractivity contribution >= 4 is 44.4 Å². The summed E-state index contributed by atoms with van der Waals surface area (Å²) in [6.45, 7) is 0. The number of ether oxygens (including phenoxy) is 1. The van der Waals surface area contributed by atoms with E-state index in [4.69, 9.17) is 20.8 Å². The van der Waals surface area contributed by atoms with E-state index < -0.39 is 0 Å². The van der Waals surface area contributed by atoms with Gasteiger partial charge in [0, 0.05) is 21.2 Å². The van der Waals surface area contributed by atoms with Gasteiger partial charge >= 0.3 is 0 Å². The Labute approximate surface area is 119 Å². The first kappa shape index (κ1) is 11.6. The summed E-state index contributed by atoms with van der Waals surface area (Å²) >= 11 is 6.06. The van der Waals surface area contributed by atoms with Crippen LogP contribution in [0.15, 0.2) is 46.9 Å². The van der Waals surface area contributed by atoms with E-state index in [1.54, 1.807) is 7.11 Å². The molecule has 0 amide bonds. The quantitative estimate of drug-likeness (QED) is 0.503. The van der Waals surface area contributed by atoms with Crippen molar-refractivity contribution in [3.8, 4) is 5.88 Å². The van der Waals surface area contributed by atoms with Crippen LogP contribution < -0.4 is 4.74 Å². The number of fused-ring (bicyclic) bond motifs is 5. The minimum Gasteiger partial charge on any atom is -0.481 e. The number of nitrogens with zero attached hydrogens (tertiary/aromatic N) is 1. The average molecular weight is 284 g/mol. The first-order valence-electron chi connectivity index (χ1n) is 6.22. The van der Waals surface area contributed by atoms with E-state index >= 15 is 0 Å². The lowest BCUT2D eigenvalue weighted by Gasteiger charge is -2.05. The minimum atomic E-state index is 0.557. The molecule has 2 heterocycles. The third-order valence-electron chi connectivity index (χ3n) is 3.43. The van der Waals surface area contributed by atoms with Gasteiger partial charge in [0.25, 0.3) is 0 Å². The molecule has 0 fully saturated rings. The van der Waals surface area contributed by atoms with Gasteiger partial charge in [-0.15, -0.1) is 0 Å². The van der Waals surface area contributed by atoms with Crippen molar-refractivity contribution in [1.29, 1.82) is 0 Å². The molecule has 0 aliphatic heterocycles. The molecule has 3 nitrogen and oxygen atoms in total. The Bertz CT molecular complexity index is 959. The standard InChI is InChI=1S/C16H10ClNO2/c1-19-16-12-8-9(17)6-7-10(12)15-14(18-16)11-4-2-3-5-13(11)20-15/h2-8H,1H3. The number of para-hydroxylation sites is 1. The number of furan rings is 1. The molecular weight excluding hydrogens is 274 g/mol. The van der Waals surface area contributed by atoms with Gasteiger partial charge in [-0.1, -0.05) is 23.7 Å². The SMILES string of the molecule is COc1nc2c3ccccc3oc2c2ccc(Cl)cc12. The van der Waals surface area contributed by atoms with Gasteiger partial charge in [0.15, 0.2) is 5.58 Å². The van der Waals surface area contributed by atoms with Crippen molar-refractivity contribution in [3.63, 3.8) is 0 Å². The molecule has 98 valence electrons. The van der Waals surface area contributed by atoms with Crippen molar-refractivity contribution < 1.29 is 9.15 Å². The normalized spacial score (nSPS) is 11.5.